The Morgan fingerprint density at radius 2 is 2.35 bits per heavy atom. The number of hydrogen-bond acceptors (Lipinski definition) is 5. The molecular weight excluding hydrogens is 222 g/mol. The molecule has 1 unspecified atom stereocenters. The average Bonchev–Trinajstić information content (AvgIpc) is 2.69. The van der Waals surface area contributed by atoms with Crippen LogP contribution in [0.5, 0.6) is 5.75 Å². The summed E-state index contributed by atoms with van der Waals surface area (Å²) in [6, 6.07) is 5.72. The van der Waals surface area contributed by atoms with Crippen LogP contribution in [-0.2, 0) is 15.9 Å². The van der Waals surface area contributed by atoms with E-state index in [1.54, 1.807) is 14.0 Å². The van der Waals surface area contributed by atoms with Crippen molar-refractivity contribution in [3.05, 3.63) is 23.8 Å². The molecule has 0 saturated carbocycles. The Kier molecular flexibility index (Phi) is 3.37. The summed E-state index contributed by atoms with van der Waals surface area (Å²) < 4.78 is 14.9. The minimum atomic E-state index is -0.648. The molecular formula is C12H15NO4. The summed E-state index contributed by atoms with van der Waals surface area (Å²) in [7, 11) is 1.61. The third kappa shape index (κ3) is 2.61. The van der Waals surface area contributed by atoms with Crippen molar-refractivity contribution >= 4 is 11.8 Å². The molecule has 0 bridgehead atoms. The third-order valence-electron chi connectivity index (χ3n) is 2.54. The van der Waals surface area contributed by atoms with Gasteiger partial charge in [0.1, 0.15) is 5.75 Å². The minimum Gasteiger partial charge on any atom is -0.497 e. The first-order valence-electron chi connectivity index (χ1n) is 5.49. The molecule has 0 aliphatic carbocycles. The van der Waals surface area contributed by atoms with E-state index < -0.39 is 6.16 Å². The molecule has 0 fully saturated rings. The van der Waals surface area contributed by atoms with Crippen molar-refractivity contribution < 1.29 is 19.0 Å². The van der Waals surface area contributed by atoms with Gasteiger partial charge in [0.25, 0.3) is 0 Å². The van der Waals surface area contributed by atoms with Gasteiger partial charge in [0, 0.05) is 18.2 Å². The first-order valence-corrected chi connectivity index (χ1v) is 5.49. The molecule has 17 heavy (non-hydrogen) atoms. The quantitative estimate of drug-likeness (QED) is 0.816. The molecule has 5 heteroatoms. The Morgan fingerprint density at radius 1 is 1.53 bits per heavy atom. The van der Waals surface area contributed by atoms with Gasteiger partial charge in [-0.25, -0.2) is 4.79 Å². The van der Waals surface area contributed by atoms with Gasteiger partial charge >= 0.3 is 6.16 Å². The highest BCUT2D eigenvalue weighted by Crippen LogP contribution is 2.30. The fourth-order valence-corrected chi connectivity index (χ4v) is 1.76. The van der Waals surface area contributed by atoms with Crippen LogP contribution in [0.4, 0.5) is 10.5 Å². The number of nitrogens with one attached hydrogen (secondary N) is 1. The van der Waals surface area contributed by atoms with Gasteiger partial charge in [0.15, 0.2) is 6.23 Å². The lowest BCUT2D eigenvalue weighted by Crippen LogP contribution is -2.24. The highest BCUT2D eigenvalue weighted by Gasteiger charge is 2.24. The van der Waals surface area contributed by atoms with E-state index in [2.05, 4.69) is 5.32 Å². The van der Waals surface area contributed by atoms with Crippen molar-refractivity contribution in [1.29, 1.82) is 0 Å². The summed E-state index contributed by atoms with van der Waals surface area (Å²) in [6.45, 7) is 2.05. The van der Waals surface area contributed by atoms with Crippen molar-refractivity contribution in [2.24, 2.45) is 0 Å². The van der Waals surface area contributed by atoms with Crippen molar-refractivity contribution in [1.82, 2.24) is 0 Å². The second-order valence-corrected chi connectivity index (χ2v) is 3.66. The van der Waals surface area contributed by atoms with E-state index in [-0.39, 0.29) is 6.23 Å². The van der Waals surface area contributed by atoms with Gasteiger partial charge in [0.05, 0.1) is 13.7 Å². The second kappa shape index (κ2) is 4.95. The van der Waals surface area contributed by atoms with E-state index in [4.69, 9.17) is 14.2 Å². The summed E-state index contributed by atoms with van der Waals surface area (Å²) >= 11 is 0. The zero-order valence-electron chi connectivity index (χ0n) is 9.86. The maximum absolute atomic E-state index is 11.2. The summed E-state index contributed by atoms with van der Waals surface area (Å²) in [5.74, 6) is 0.771. The molecule has 1 atom stereocenters. The van der Waals surface area contributed by atoms with Crippen LogP contribution in [0.1, 0.15) is 12.5 Å². The van der Waals surface area contributed by atoms with Crippen LogP contribution in [0, 0.1) is 0 Å². The molecule has 0 saturated heterocycles. The Hall–Kier alpha value is -1.91. The van der Waals surface area contributed by atoms with Crippen molar-refractivity contribution in [3.8, 4) is 5.75 Å². The average molecular weight is 237 g/mol. The van der Waals surface area contributed by atoms with Crippen molar-refractivity contribution in [2.75, 3.05) is 19.0 Å². The van der Waals surface area contributed by atoms with Crippen LogP contribution in [0.2, 0.25) is 0 Å². The van der Waals surface area contributed by atoms with Crippen LogP contribution >= 0.6 is 0 Å². The lowest BCUT2D eigenvalue weighted by atomic mass is 10.1. The van der Waals surface area contributed by atoms with E-state index in [9.17, 15) is 4.79 Å². The normalized spacial score (nSPS) is 16.9. The van der Waals surface area contributed by atoms with Crippen LogP contribution in [0.15, 0.2) is 18.2 Å². The first kappa shape index (κ1) is 11.6. The highest BCUT2D eigenvalue weighted by molar-refractivity contribution is 5.63. The molecule has 1 aliphatic heterocycles. The highest BCUT2D eigenvalue weighted by atomic mass is 16.7. The molecule has 1 aromatic rings. The Labute approximate surface area is 99.7 Å². The maximum atomic E-state index is 11.2. The Morgan fingerprint density at radius 3 is 3.06 bits per heavy atom. The molecule has 0 amide bonds. The van der Waals surface area contributed by atoms with Crippen molar-refractivity contribution in [2.45, 2.75) is 19.6 Å². The number of hydrogen-bond donors (Lipinski definition) is 1. The Balaban J connectivity index is 1.98. The SMILES string of the molecule is CCOC(=O)OC1Cc2ccc(OC)cc2N1. The minimum absolute atomic E-state index is 0.312. The van der Waals surface area contributed by atoms with E-state index in [0.29, 0.717) is 13.0 Å². The first-order chi connectivity index (χ1) is 8.22. The van der Waals surface area contributed by atoms with Gasteiger partial charge in [-0.05, 0) is 18.6 Å². The lowest BCUT2D eigenvalue weighted by Gasteiger charge is -2.11. The van der Waals surface area contributed by atoms with Gasteiger partial charge < -0.3 is 19.5 Å². The van der Waals surface area contributed by atoms with E-state index in [0.717, 1.165) is 17.0 Å². The number of carbonyl (C=O) groups is 1. The topological polar surface area (TPSA) is 56.8 Å². The van der Waals surface area contributed by atoms with E-state index in [1.165, 1.54) is 0 Å². The number of anilines is 1. The van der Waals surface area contributed by atoms with E-state index >= 15 is 0 Å². The van der Waals surface area contributed by atoms with Crippen LogP contribution in [0.3, 0.4) is 0 Å². The fourth-order valence-electron chi connectivity index (χ4n) is 1.76. The molecule has 1 heterocycles. The molecule has 92 valence electrons. The predicted octanol–water partition coefficient (Wildman–Crippen LogP) is 2.16. The molecule has 0 spiro atoms. The van der Waals surface area contributed by atoms with Crippen molar-refractivity contribution in [3.63, 3.8) is 0 Å². The summed E-state index contributed by atoms with van der Waals surface area (Å²) in [5, 5.41) is 3.10. The molecule has 0 aromatic heterocycles. The smallest absolute Gasteiger partial charge is 0.497 e. The fraction of sp³-hybridized carbons (Fsp3) is 0.417. The van der Waals surface area contributed by atoms with E-state index in [1.807, 2.05) is 18.2 Å². The van der Waals surface area contributed by atoms with Crippen LogP contribution in [-0.4, -0.2) is 26.1 Å². The van der Waals surface area contributed by atoms with Gasteiger partial charge in [-0.3, -0.25) is 0 Å². The molecule has 1 aliphatic rings. The monoisotopic (exact) mass is 237 g/mol. The second-order valence-electron chi connectivity index (χ2n) is 3.66. The maximum Gasteiger partial charge on any atom is 0.510 e. The number of benzene rings is 1. The molecule has 1 N–H and O–H groups in total. The van der Waals surface area contributed by atoms with Crippen LogP contribution < -0.4 is 10.1 Å². The molecule has 2 rings (SSSR count). The predicted molar refractivity (Wildman–Crippen MR) is 62.2 cm³/mol. The zero-order valence-corrected chi connectivity index (χ0v) is 9.86. The van der Waals surface area contributed by atoms with Crippen LogP contribution in [0.25, 0.3) is 0 Å². The molecule has 1 aromatic carbocycles. The third-order valence-corrected chi connectivity index (χ3v) is 2.54. The number of fused-ring (bicyclic) bond motifs is 1. The molecule has 5 nitrogen and oxygen atoms in total. The van der Waals surface area contributed by atoms with Gasteiger partial charge in [-0.15, -0.1) is 0 Å². The number of methoxy groups -OCH3 is 1. The standard InChI is InChI=1S/C12H15NO4/c1-3-16-12(14)17-11-6-8-4-5-9(15-2)7-10(8)13-11/h4-5,7,11,13H,3,6H2,1-2H3. The lowest BCUT2D eigenvalue weighted by molar-refractivity contribution is 0.0371. The summed E-state index contributed by atoms with van der Waals surface area (Å²) in [5.41, 5.74) is 2.03. The zero-order chi connectivity index (χ0) is 12.3. The molecule has 0 radical (unpaired) electrons. The number of carbonyl (C=O) groups excluding carboxylic acids is 1. The Bertz CT molecular complexity index is 419. The number of ether oxygens (including phenoxy) is 3. The van der Waals surface area contributed by atoms with Gasteiger partial charge in [-0.1, -0.05) is 6.07 Å². The summed E-state index contributed by atoms with van der Waals surface area (Å²) in [4.78, 5) is 11.2. The van der Waals surface area contributed by atoms with Gasteiger partial charge in [-0.2, -0.15) is 0 Å². The van der Waals surface area contributed by atoms with Gasteiger partial charge in [0.2, 0.25) is 0 Å². The number of rotatable bonds is 3. The summed E-state index contributed by atoms with van der Waals surface area (Å²) in [6.07, 6.45) is -0.376. The largest absolute Gasteiger partial charge is 0.510 e.